The van der Waals surface area contributed by atoms with Crippen LogP contribution in [0.1, 0.15) is 18.1 Å². The predicted octanol–water partition coefficient (Wildman–Crippen LogP) is 3.91. The van der Waals surface area contributed by atoms with Gasteiger partial charge in [0, 0.05) is 17.1 Å². The number of benzene rings is 1. The molecule has 0 saturated carbocycles. The van der Waals surface area contributed by atoms with E-state index >= 15 is 0 Å². The Morgan fingerprint density at radius 1 is 1.38 bits per heavy atom. The van der Waals surface area contributed by atoms with Gasteiger partial charge >= 0.3 is 0 Å². The molecule has 1 aromatic carbocycles. The van der Waals surface area contributed by atoms with Crippen molar-refractivity contribution in [2.45, 2.75) is 13.8 Å². The van der Waals surface area contributed by atoms with E-state index in [0.717, 1.165) is 27.7 Å². The van der Waals surface area contributed by atoms with Gasteiger partial charge in [0.2, 0.25) is 0 Å². The molecule has 0 saturated heterocycles. The van der Waals surface area contributed by atoms with Crippen LogP contribution in [0, 0.1) is 6.92 Å². The summed E-state index contributed by atoms with van der Waals surface area (Å²) in [6, 6.07) is 6.23. The zero-order valence-electron chi connectivity index (χ0n) is 9.57. The van der Waals surface area contributed by atoms with Crippen LogP contribution < -0.4 is 0 Å². The number of hydrogen-bond donors (Lipinski definition) is 0. The predicted molar refractivity (Wildman–Crippen MR) is 70.4 cm³/mol. The van der Waals surface area contributed by atoms with E-state index in [0.29, 0.717) is 0 Å². The van der Waals surface area contributed by atoms with Crippen molar-refractivity contribution in [2.24, 2.45) is 4.99 Å². The highest BCUT2D eigenvalue weighted by atomic mass is 14.8. The van der Waals surface area contributed by atoms with Gasteiger partial charge in [-0.25, -0.2) is 0 Å². The highest BCUT2D eigenvalue weighted by Gasteiger charge is 2.05. The number of allylic oxidation sites excluding steroid dienone is 1. The minimum Gasteiger partial charge on any atom is -0.262 e. The third kappa shape index (κ3) is 1.74. The van der Waals surface area contributed by atoms with Crippen LogP contribution >= 0.6 is 0 Å². The molecule has 0 unspecified atom stereocenters. The maximum absolute atomic E-state index is 4.43. The molecule has 80 valence electrons. The van der Waals surface area contributed by atoms with Crippen molar-refractivity contribution >= 4 is 29.4 Å². The second kappa shape index (κ2) is 4.27. The lowest BCUT2D eigenvalue weighted by Gasteiger charge is -2.05. The molecule has 2 rings (SSSR count). The Hall–Kier alpha value is -1.96. The van der Waals surface area contributed by atoms with Crippen LogP contribution in [-0.2, 0) is 0 Å². The van der Waals surface area contributed by atoms with Crippen LogP contribution in [0.25, 0.3) is 17.0 Å². The molecule has 0 radical (unpaired) electrons. The van der Waals surface area contributed by atoms with Gasteiger partial charge < -0.3 is 0 Å². The monoisotopic (exact) mass is 210 g/mol. The molecule has 1 heterocycles. The van der Waals surface area contributed by atoms with E-state index in [1.54, 1.807) is 0 Å². The number of aromatic nitrogens is 1. The molecule has 0 amide bonds. The fraction of sp³-hybridized carbons (Fsp3) is 0.143. The Balaban J connectivity index is 2.80. The van der Waals surface area contributed by atoms with Gasteiger partial charge in [0.15, 0.2) is 0 Å². The Morgan fingerprint density at radius 3 is 2.88 bits per heavy atom. The summed E-state index contributed by atoms with van der Waals surface area (Å²) in [5.74, 6) is 0. The van der Waals surface area contributed by atoms with Crippen LogP contribution in [0.4, 0.5) is 5.69 Å². The Bertz CT molecular complexity index is 568. The molecule has 0 N–H and O–H groups in total. The molecule has 0 aliphatic rings. The zero-order chi connectivity index (χ0) is 11.5. The van der Waals surface area contributed by atoms with E-state index in [1.807, 2.05) is 38.3 Å². The first-order valence-electron chi connectivity index (χ1n) is 5.25. The average Bonchev–Trinajstić information content (AvgIpc) is 2.29. The lowest BCUT2D eigenvalue weighted by molar-refractivity contribution is 1.32. The SMILES string of the molecule is C=Nc1c(/C=C\C)ccc2cc(C)cnc12. The van der Waals surface area contributed by atoms with E-state index < -0.39 is 0 Å². The first kappa shape index (κ1) is 10.6. The number of fused-ring (bicyclic) bond motifs is 1. The molecule has 0 bridgehead atoms. The van der Waals surface area contributed by atoms with Gasteiger partial charge in [-0.2, -0.15) is 0 Å². The summed E-state index contributed by atoms with van der Waals surface area (Å²) < 4.78 is 0. The highest BCUT2D eigenvalue weighted by Crippen LogP contribution is 2.29. The second-order valence-electron chi connectivity index (χ2n) is 3.75. The van der Waals surface area contributed by atoms with Gasteiger partial charge in [-0.3, -0.25) is 9.98 Å². The molecule has 1 aromatic heterocycles. The Kier molecular flexibility index (Phi) is 2.82. The molecule has 0 spiro atoms. The van der Waals surface area contributed by atoms with Gasteiger partial charge in [0.05, 0.1) is 11.2 Å². The number of rotatable bonds is 2. The molecule has 2 heteroatoms. The smallest absolute Gasteiger partial charge is 0.0964 e. The summed E-state index contributed by atoms with van der Waals surface area (Å²) in [5, 5.41) is 1.11. The van der Waals surface area contributed by atoms with Crippen molar-refractivity contribution < 1.29 is 0 Å². The van der Waals surface area contributed by atoms with Crippen molar-refractivity contribution in [1.82, 2.24) is 4.98 Å². The minimum absolute atomic E-state index is 0.857. The van der Waals surface area contributed by atoms with Crippen LogP contribution in [0.15, 0.2) is 35.5 Å². The van der Waals surface area contributed by atoms with Gasteiger partial charge in [-0.1, -0.05) is 24.3 Å². The lowest BCUT2D eigenvalue weighted by atomic mass is 10.1. The lowest BCUT2D eigenvalue weighted by Crippen LogP contribution is -1.84. The van der Waals surface area contributed by atoms with Gasteiger partial charge in [-0.05, 0) is 32.2 Å². The maximum Gasteiger partial charge on any atom is 0.0964 e. The summed E-state index contributed by atoms with van der Waals surface area (Å²) in [6.07, 6.45) is 5.87. The molecule has 16 heavy (non-hydrogen) atoms. The molecule has 2 nitrogen and oxygen atoms in total. The summed E-state index contributed by atoms with van der Waals surface area (Å²) in [6.45, 7) is 7.64. The standard InChI is InChI=1S/C14H14N2/c1-4-5-11-6-7-12-8-10(2)9-16-14(12)13(11)15-3/h4-9H,3H2,1-2H3/b5-4-. The van der Waals surface area contributed by atoms with Crippen LogP contribution in [0.3, 0.4) is 0 Å². The number of aliphatic imine (C=N–C) groups is 1. The molecule has 0 aliphatic carbocycles. The fourth-order valence-electron chi connectivity index (χ4n) is 1.79. The van der Waals surface area contributed by atoms with Crippen molar-refractivity contribution in [3.05, 3.63) is 41.6 Å². The molecular formula is C14H14N2. The minimum atomic E-state index is 0.857. The van der Waals surface area contributed by atoms with Gasteiger partial charge in [-0.15, -0.1) is 0 Å². The normalized spacial score (nSPS) is 11.1. The Labute approximate surface area is 95.4 Å². The largest absolute Gasteiger partial charge is 0.262 e. The number of aryl methyl sites for hydroxylation is 1. The molecule has 0 aliphatic heterocycles. The Morgan fingerprint density at radius 2 is 2.19 bits per heavy atom. The molecule has 0 atom stereocenters. The second-order valence-corrected chi connectivity index (χ2v) is 3.75. The number of pyridine rings is 1. The van der Waals surface area contributed by atoms with Crippen molar-refractivity contribution in [3.63, 3.8) is 0 Å². The van der Waals surface area contributed by atoms with Gasteiger partial charge in [0.25, 0.3) is 0 Å². The van der Waals surface area contributed by atoms with E-state index in [2.05, 4.69) is 28.8 Å². The molecule has 2 aromatic rings. The highest BCUT2D eigenvalue weighted by molar-refractivity contribution is 5.94. The third-order valence-corrected chi connectivity index (χ3v) is 2.50. The quantitative estimate of drug-likeness (QED) is 0.690. The number of nitrogens with zero attached hydrogens (tertiary/aromatic N) is 2. The van der Waals surface area contributed by atoms with E-state index in [4.69, 9.17) is 0 Å². The third-order valence-electron chi connectivity index (χ3n) is 2.50. The maximum atomic E-state index is 4.43. The van der Waals surface area contributed by atoms with E-state index in [-0.39, 0.29) is 0 Å². The van der Waals surface area contributed by atoms with Crippen LogP contribution in [0.5, 0.6) is 0 Å². The van der Waals surface area contributed by atoms with Crippen LogP contribution in [-0.4, -0.2) is 11.7 Å². The van der Waals surface area contributed by atoms with E-state index in [1.165, 1.54) is 0 Å². The fourth-order valence-corrected chi connectivity index (χ4v) is 1.79. The topological polar surface area (TPSA) is 25.2 Å². The summed E-state index contributed by atoms with van der Waals surface area (Å²) in [7, 11) is 0. The first-order valence-corrected chi connectivity index (χ1v) is 5.25. The van der Waals surface area contributed by atoms with Crippen LogP contribution in [0.2, 0.25) is 0 Å². The number of hydrogen-bond acceptors (Lipinski definition) is 2. The van der Waals surface area contributed by atoms with Crippen molar-refractivity contribution in [3.8, 4) is 0 Å². The van der Waals surface area contributed by atoms with Crippen molar-refractivity contribution in [1.29, 1.82) is 0 Å². The summed E-state index contributed by atoms with van der Waals surface area (Å²) in [4.78, 5) is 8.51. The van der Waals surface area contributed by atoms with Crippen molar-refractivity contribution in [2.75, 3.05) is 0 Å². The summed E-state index contributed by atoms with van der Waals surface area (Å²) in [5.41, 5.74) is 3.98. The first-order chi connectivity index (χ1) is 7.76. The van der Waals surface area contributed by atoms with Gasteiger partial charge in [0.1, 0.15) is 0 Å². The summed E-state index contributed by atoms with van der Waals surface area (Å²) >= 11 is 0. The molecule has 0 fully saturated rings. The average molecular weight is 210 g/mol. The zero-order valence-corrected chi connectivity index (χ0v) is 9.57. The molecular weight excluding hydrogens is 196 g/mol. The van der Waals surface area contributed by atoms with E-state index in [9.17, 15) is 0 Å².